The van der Waals surface area contributed by atoms with E-state index in [1.54, 1.807) is 28.0 Å². The summed E-state index contributed by atoms with van der Waals surface area (Å²) in [4.78, 5) is 53.1. The second-order valence-electron chi connectivity index (χ2n) is 11.3. The quantitative estimate of drug-likeness (QED) is 0.383. The Hall–Kier alpha value is -4.08. The third kappa shape index (κ3) is 10.4. The number of piperidine rings is 1. The zero-order chi connectivity index (χ0) is 29.8. The van der Waals surface area contributed by atoms with Crippen molar-refractivity contribution in [2.45, 2.75) is 58.7 Å². The number of nitrogens with zero attached hydrogens (tertiary/aromatic N) is 2. The number of ether oxygens (including phenoxy) is 2. The number of primary amides is 1. The number of nitrogens with one attached hydrogen (secondary N) is 1. The Labute approximate surface area is 242 Å². The normalized spacial score (nSPS) is 13.8. The van der Waals surface area contributed by atoms with E-state index in [2.05, 4.69) is 5.32 Å². The molecule has 4 amide bonds. The van der Waals surface area contributed by atoms with Crippen molar-refractivity contribution in [3.63, 3.8) is 0 Å². The van der Waals surface area contributed by atoms with Crippen LogP contribution < -0.4 is 11.1 Å². The van der Waals surface area contributed by atoms with Crippen LogP contribution in [0.3, 0.4) is 0 Å². The highest BCUT2D eigenvalue weighted by atomic mass is 16.6. The number of nitrogens with two attached hydrogens (primary N) is 1. The van der Waals surface area contributed by atoms with E-state index < -0.39 is 11.5 Å². The van der Waals surface area contributed by atoms with E-state index in [9.17, 15) is 19.2 Å². The molecule has 0 spiro atoms. The highest BCUT2D eigenvalue weighted by molar-refractivity contribution is 6.06. The Morgan fingerprint density at radius 3 is 2.22 bits per heavy atom. The molecule has 10 nitrogen and oxygen atoms in total. The monoisotopic (exact) mass is 566 g/mol. The number of carbonyl (C=O) groups excluding carboxylic acids is 4. The van der Waals surface area contributed by atoms with Crippen molar-refractivity contribution in [2.24, 2.45) is 11.7 Å². The third-order valence-corrected chi connectivity index (χ3v) is 6.79. The molecule has 0 aliphatic carbocycles. The van der Waals surface area contributed by atoms with Gasteiger partial charge in [0.05, 0.1) is 11.1 Å². The number of carbonyl (C=O) groups is 4. The molecule has 41 heavy (non-hydrogen) atoms. The van der Waals surface area contributed by atoms with Crippen molar-refractivity contribution in [3.8, 4) is 0 Å². The maximum Gasteiger partial charge on any atom is 0.410 e. The van der Waals surface area contributed by atoms with Gasteiger partial charge in [-0.3, -0.25) is 9.59 Å². The third-order valence-electron chi connectivity index (χ3n) is 6.79. The Kier molecular flexibility index (Phi) is 11.6. The van der Waals surface area contributed by atoms with Gasteiger partial charge in [0.1, 0.15) is 12.2 Å². The lowest BCUT2D eigenvalue weighted by atomic mass is 9.96. The van der Waals surface area contributed by atoms with Crippen molar-refractivity contribution in [2.75, 3.05) is 32.7 Å². The smallest absolute Gasteiger partial charge is 0.410 e. The molecule has 1 saturated heterocycles. The van der Waals surface area contributed by atoms with Gasteiger partial charge in [-0.2, -0.15) is 0 Å². The average molecular weight is 567 g/mol. The molecule has 0 unspecified atom stereocenters. The summed E-state index contributed by atoms with van der Waals surface area (Å²) in [6, 6.07) is 15.9. The Morgan fingerprint density at radius 1 is 0.951 bits per heavy atom. The van der Waals surface area contributed by atoms with Gasteiger partial charge >= 0.3 is 12.2 Å². The van der Waals surface area contributed by atoms with Crippen LogP contribution in [-0.2, 0) is 16.1 Å². The number of hydrogen-bond acceptors (Lipinski definition) is 6. The minimum Gasteiger partial charge on any atom is -0.445 e. The summed E-state index contributed by atoms with van der Waals surface area (Å²) < 4.78 is 11.1. The van der Waals surface area contributed by atoms with Gasteiger partial charge in [-0.05, 0) is 70.1 Å². The van der Waals surface area contributed by atoms with Gasteiger partial charge in [0.2, 0.25) is 5.91 Å². The summed E-state index contributed by atoms with van der Waals surface area (Å²) in [7, 11) is 0. The Bertz CT molecular complexity index is 1170. The van der Waals surface area contributed by atoms with Gasteiger partial charge in [0.15, 0.2) is 0 Å². The van der Waals surface area contributed by atoms with Crippen molar-refractivity contribution in [1.29, 1.82) is 0 Å². The largest absolute Gasteiger partial charge is 0.445 e. The van der Waals surface area contributed by atoms with Gasteiger partial charge < -0.3 is 30.3 Å². The molecule has 3 N–H and O–H groups in total. The minimum absolute atomic E-state index is 0.176. The fourth-order valence-corrected chi connectivity index (χ4v) is 4.62. The van der Waals surface area contributed by atoms with Crippen LogP contribution in [-0.4, -0.2) is 72.1 Å². The lowest BCUT2D eigenvalue weighted by Crippen LogP contribution is -2.45. The minimum atomic E-state index is -0.655. The van der Waals surface area contributed by atoms with Crippen LogP contribution in [0, 0.1) is 5.92 Å². The summed E-state index contributed by atoms with van der Waals surface area (Å²) >= 11 is 0. The van der Waals surface area contributed by atoms with Crippen LogP contribution in [0.15, 0.2) is 54.6 Å². The Morgan fingerprint density at radius 2 is 1.59 bits per heavy atom. The zero-order valence-corrected chi connectivity index (χ0v) is 24.3. The first-order chi connectivity index (χ1) is 19.5. The fraction of sp³-hybridized carbons (Fsp3) is 0.484. The maximum absolute atomic E-state index is 13.1. The van der Waals surface area contributed by atoms with E-state index in [0.717, 1.165) is 18.4 Å². The number of hydrogen-bond donors (Lipinski definition) is 2. The number of amides is 4. The Balaban J connectivity index is 1.51. The first kappa shape index (κ1) is 31.4. The molecule has 10 heteroatoms. The molecule has 0 bridgehead atoms. The standard InChI is InChI=1S/C31H42N4O6/c1-31(2,3)41-30(39)34-19-15-23(16-20-34)21-35(29(38)40-22-24-11-5-4-6-12-24)18-10-9-17-33-28(37)26-14-8-7-13-25(26)27(32)36/h4-8,11-14,23H,9-10,15-22H2,1-3H3,(H2,32,36)(H,33,37). The number of likely N-dealkylation sites (tertiary alicyclic amines) is 1. The molecule has 2 aromatic rings. The summed E-state index contributed by atoms with van der Waals surface area (Å²) in [5.41, 5.74) is 6.16. The first-order valence-electron chi connectivity index (χ1n) is 14.1. The molecule has 0 aromatic heterocycles. The molecular formula is C31H42N4O6. The number of rotatable bonds is 11. The second-order valence-corrected chi connectivity index (χ2v) is 11.3. The van der Waals surface area contributed by atoms with E-state index in [-0.39, 0.29) is 41.7 Å². The fourth-order valence-electron chi connectivity index (χ4n) is 4.62. The molecule has 1 fully saturated rings. The van der Waals surface area contributed by atoms with Gasteiger partial charge in [-0.1, -0.05) is 42.5 Å². The van der Waals surface area contributed by atoms with Crippen molar-refractivity contribution >= 4 is 24.0 Å². The van der Waals surface area contributed by atoms with E-state index in [0.29, 0.717) is 45.6 Å². The van der Waals surface area contributed by atoms with Crippen LogP contribution in [0.1, 0.15) is 72.7 Å². The average Bonchev–Trinajstić information content (AvgIpc) is 2.95. The summed E-state index contributed by atoms with van der Waals surface area (Å²) in [5.74, 6) is -0.796. The van der Waals surface area contributed by atoms with Crippen molar-refractivity contribution in [1.82, 2.24) is 15.1 Å². The first-order valence-corrected chi connectivity index (χ1v) is 14.1. The van der Waals surface area contributed by atoms with Gasteiger partial charge in [-0.25, -0.2) is 9.59 Å². The van der Waals surface area contributed by atoms with Crippen LogP contribution in [0.4, 0.5) is 9.59 Å². The topological polar surface area (TPSA) is 131 Å². The summed E-state index contributed by atoms with van der Waals surface area (Å²) in [5, 5.41) is 2.83. The summed E-state index contributed by atoms with van der Waals surface area (Å²) in [6.07, 6.45) is 2.10. The van der Waals surface area contributed by atoms with Gasteiger partial charge in [0.25, 0.3) is 5.91 Å². The van der Waals surface area contributed by atoms with Gasteiger partial charge in [0, 0.05) is 32.7 Å². The lowest BCUT2D eigenvalue weighted by Gasteiger charge is -2.35. The molecule has 1 aliphatic rings. The van der Waals surface area contributed by atoms with E-state index in [4.69, 9.17) is 15.2 Å². The second kappa shape index (κ2) is 15.1. The molecule has 0 radical (unpaired) electrons. The predicted molar refractivity (Wildman–Crippen MR) is 155 cm³/mol. The molecule has 0 atom stereocenters. The van der Waals surface area contributed by atoms with E-state index in [1.165, 1.54) is 6.07 Å². The molecule has 2 aromatic carbocycles. The molecule has 0 saturated carbocycles. The van der Waals surface area contributed by atoms with E-state index >= 15 is 0 Å². The number of unbranched alkanes of at least 4 members (excludes halogenated alkanes) is 1. The predicted octanol–water partition coefficient (Wildman–Crippen LogP) is 4.58. The van der Waals surface area contributed by atoms with Crippen LogP contribution in [0.2, 0.25) is 0 Å². The van der Waals surface area contributed by atoms with Crippen molar-refractivity contribution in [3.05, 3.63) is 71.3 Å². The zero-order valence-electron chi connectivity index (χ0n) is 24.3. The molecule has 3 rings (SSSR count). The lowest BCUT2D eigenvalue weighted by molar-refractivity contribution is 0.0163. The highest BCUT2D eigenvalue weighted by Gasteiger charge is 2.29. The molecule has 222 valence electrons. The number of benzene rings is 2. The highest BCUT2D eigenvalue weighted by Crippen LogP contribution is 2.21. The maximum atomic E-state index is 13.1. The molecular weight excluding hydrogens is 524 g/mol. The van der Waals surface area contributed by atoms with Gasteiger partial charge in [-0.15, -0.1) is 0 Å². The molecule has 1 aliphatic heterocycles. The molecule has 1 heterocycles. The van der Waals surface area contributed by atoms with Crippen LogP contribution in [0.25, 0.3) is 0 Å². The van der Waals surface area contributed by atoms with Crippen LogP contribution in [0.5, 0.6) is 0 Å². The van der Waals surface area contributed by atoms with E-state index in [1.807, 2.05) is 51.1 Å². The SMILES string of the molecule is CC(C)(C)OC(=O)N1CCC(CN(CCCCNC(=O)c2ccccc2C(N)=O)C(=O)OCc2ccccc2)CC1. The van der Waals surface area contributed by atoms with Crippen molar-refractivity contribution < 1.29 is 28.7 Å². The summed E-state index contributed by atoms with van der Waals surface area (Å²) in [6.45, 7) is 8.25. The van der Waals surface area contributed by atoms with Crippen LogP contribution >= 0.6 is 0 Å².